The van der Waals surface area contributed by atoms with Crippen LogP contribution in [0.2, 0.25) is 0 Å². The van der Waals surface area contributed by atoms with E-state index < -0.39 is 26.5 Å². The summed E-state index contributed by atoms with van der Waals surface area (Å²) >= 11 is 0. The normalized spacial score (nSPS) is 13.9. The Hall–Kier alpha value is -3.59. The van der Waals surface area contributed by atoms with Crippen molar-refractivity contribution >= 4 is 19.8 Å². The van der Waals surface area contributed by atoms with E-state index in [1.54, 1.807) is 0 Å². The van der Waals surface area contributed by atoms with Gasteiger partial charge in [-0.3, -0.25) is 18.6 Å². The molecule has 0 radical (unpaired) electrons. The lowest BCUT2D eigenvalue weighted by molar-refractivity contribution is -0.870. The summed E-state index contributed by atoms with van der Waals surface area (Å²) in [5.41, 5.74) is 0. The molecule has 1 N–H and O–H groups in total. The highest BCUT2D eigenvalue weighted by molar-refractivity contribution is 7.47. The fourth-order valence-corrected chi connectivity index (χ4v) is 10.3. The zero-order valence-corrected chi connectivity index (χ0v) is 57.2. The monoisotopic (exact) mass is 1220 g/mol. The second kappa shape index (κ2) is 65.8. The van der Waals surface area contributed by atoms with Crippen LogP contribution >= 0.6 is 7.82 Å². The van der Waals surface area contributed by atoms with Gasteiger partial charge in [0.15, 0.2) is 6.10 Å². The summed E-state index contributed by atoms with van der Waals surface area (Å²) < 4.78 is 34.7. The number of hydrogen-bond acceptors (Lipinski definition) is 7. The molecule has 0 spiro atoms. The molecule has 2 unspecified atom stereocenters. The third-order valence-corrected chi connectivity index (χ3v) is 16.0. The first-order valence-corrected chi connectivity index (χ1v) is 36.8. The molecular weight excluding hydrogens is 1090 g/mol. The number of likely N-dealkylation sites (N-methyl/N-ethyl adjacent to an activating group) is 1. The van der Waals surface area contributed by atoms with Gasteiger partial charge in [-0.25, -0.2) is 4.57 Å². The highest BCUT2D eigenvalue weighted by Crippen LogP contribution is 2.43. The van der Waals surface area contributed by atoms with Crippen LogP contribution in [0.15, 0.2) is 122 Å². The Bertz CT molecular complexity index is 1870. The number of unbranched alkanes of at least 4 members (excludes halogenated alkanes) is 30. The Kier molecular flexibility index (Phi) is 63.1. The first-order valence-electron chi connectivity index (χ1n) is 35.3. The van der Waals surface area contributed by atoms with Gasteiger partial charge in [-0.1, -0.05) is 296 Å². The van der Waals surface area contributed by atoms with Crippen molar-refractivity contribution in [3.63, 3.8) is 0 Å². The number of nitrogens with zero attached hydrogens (tertiary/aromatic N) is 1. The van der Waals surface area contributed by atoms with E-state index in [-0.39, 0.29) is 32.0 Å². The number of carbonyl (C=O) groups excluding carboxylic acids is 2. The van der Waals surface area contributed by atoms with Gasteiger partial charge in [0.1, 0.15) is 19.8 Å². The number of hydrogen-bond donors (Lipinski definition) is 1. The van der Waals surface area contributed by atoms with Crippen molar-refractivity contribution in [3.05, 3.63) is 122 Å². The largest absolute Gasteiger partial charge is 0.472 e. The van der Waals surface area contributed by atoms with E-state index in [4.69, 9.17) is 18.5 Å². The number of carbonyl (C=O) groups is 2. The second-order valence-electron chi connectivity index (χ2n) is 24.5. The minimum Gasteiger partial charge on any atom is -0.462 e. The van der Waals surface area contributed by atoms with Crippen molar-refractivity contribution in [2.24, 2.45) is 0 Å². The number of esters is 2. The summed E-state index contributed by atoms with van der Waals surface area (Å²) in [6, 6.07) is 0. The summed E-state index contributed by atoms with van der Waals surface area (Å²) in [5, 5.41) is 0. The van der Waals surface area contributed by atoms with Gasteiger partial charge >= 0.3 is 19.8 Å². The predicted octanol–water partition coefficient (Wildman–Crippen LogP) is 23.0. The van der Waals surface area contributed by atoms with E-state index in [1.165, 1.54) is 167 Å². The van der Waals surface area contributed by atoms with Crippen LogP contribution in [0.25, 0.3) is 0 Å². The molecule has 86 heavy (non-hydrogen) atoms. The Morgan fingerprint density at radius 2 is 0.663 bits per heavy atom. The molecule has 0 heterocycles. The Morgan fingerprint density at radius 1 is 0.372 bits per heavy atom. The third kappa shape index (κ3) is 69.5. The van der Waals surface area contributed by atoms with Gasteiger partial charge in [-0.2, -0.15) is 0 Å². The van der Waals surface area contributed by atoms with Crippen LogP contribution in [0.5, 0.6) is 0 Å². The predicted molar refractivity (Wildman–Crippen MR) is 371 cm³/mol. The van der Waals surface area contributed by atoms with Gasteiger partial charge < -0.3 is 18.9 Å². The molecule has 494 valence electrons. The molecule has 0 saturated heterocycles. The van der Waals surface area contributed by atoms with E-state index in [9.17, 15) is 19.0 Å². The number of ether oxygens (including phenoxy) is 2. The van der Waals surface area contributed by atoms with Crippen molar-refractivity contribution in [2.75, 3.05) is 47.5 Å². The van der Waals surface area contributed by atoms with Crippen LogP contribution in [0, 0.1) is 0 Å². The van der Waals surface area contributed by atoms with Gasteiger partial charge in [0.2, 0.25) is 0 Å². The number of quaternary nitrogens is 1. The molecule has 9 nitrogen and oxygen atoms in total. The molecule has 0 aliphatic carbocycles. The standard InChI is InChI=1S/C76H132NO8P/c1-6-8-10-12-14-16-18-20-22-24-26-28-29-30-31-32-33-34-35-36-37-38-39-40-41-42-43-44-45-46-47-49-51-53-55-57-59-61-63-65-67-69-76(79)85-74(73-84-86(80,81)83-71-70-77(3,4)5)72-82-75(78)68-66-64-62-60-58-56-54-52-50-48-27-25-23-21-19-17-15-13-11-9-7-2/h8,10,14,16,19-22,25-28,30-31,33-34,36-37,39-40,74H,6-7,9,11-13,15,17-18,23-24,29,32,35,38,41-73H2,1-5H3/p+1/b10-8-,16-14-,21-19-,22-20-,27-25-,28-26-,31-30-,34-33-,37-36-,40-39-. The topological polar surface area (TPSA) is 108 Å². The minimum atomic E-state index is -4.40. The van der Waals surface area contributed by atoms with Crippen LogP contribution < -0.4 is 0 Å². The van der Waals surface area contributed by atoms with Crippen molar-refractivity contribution in [1.29, 1.82) is 0 Å². The third-order valence-electron chi connectivity index (χ3n) is 15.0. The highest BCUT2D eigenvalue weighted by Gasteiger charge is 2.27. The molecule has 0 fully saturated rings. The number of phosphoric ester groups is 1. The number of phosphoric acid groups is 1. The first-order chi connectivity index (χ1) is 42.0. The molecule has 0 amide bonds. The Morgan fingerprint density at radius 3 is 0.988 bits per heavy atom. The molecule has 0 aromatic rings. The van der Waals surface area contributed by atoms with Crippen LogP contribution in [-0.4, -0.2) is 74.9 Å². The maximum absolute atomic E-state index is 12.9. The van der Waals surface area contributed by atoms with E-state index in [1.807, 2.05) is 21.1 Å². The molecule has 2 atom stereocenters. The molecule has 0 rings (SSSR count). The summed E-state index contributed by atoms with van der Waals surface area (Å²) in [6.45, 7) is 4.32. The van der Waals surface area contributed by atoms with Crippen molar-refractivity contribution in [1.82, 2.24) is 0 Å². The Labute approximate surface area is 530 Å². The van der Waals surface area contributed by atoms with Crippen LogP contribution in [0.3, 0.4) is 0 Å². The quantitative estimate of drug-likeness (QED) is 0.0211. The number of rotatable bonds is 64. The van der Waals surface area contributed by atoms with Gasteiger partial charge in [0.05, 0.1) is 27.7 Å². The molecule has 10 heteroatoms. The van der Waals surface area contributed by atoms with E-state index in [2.05, 4.69) is 135 Å². The SMILES string of the molecule is CC/C=C\C/C=C\C/C=C\C/C=C\C/C=C\C/C=C\C/C=C\C/C=C\CCCCCCCCCCCCCCCCCCC(=O)OC(COC(=O)CCCCCCCCCCC/C=C\C/C=C\CCCCCCC)COP(=O)(O)OCC[N+](C)(C)C. The van der Waals surface area contributed by atoms with Gasteiger partial charge in [-0.05, 0) is 109 Å². The van der Waals surface area contributed by atoms with Crippen molar-refractivity contribution < 1.29 is 42.1 Å². The van der Waals surface area contributed by atoms with Crippen LogP contribution in [0.4, 0.5) is 0 Å². The van der Waals surface area contributed by atoms with E-state index >= 15 is 0 Å². The molecule has 0 aliphatic rings. The summed E-state index contributed by atoms with van der Waals surface area (Å²) in [4.78, 5) is 35.8. The van der Waals surface area contributed by atoms with Crippen LogP contribution in [0.1, 0.15) is 296 Å². The van der Waals surface area contributed by atoms with Crippen molar-refractivity contribution in [2.45, 2.75) is 302 Å². The first kappa shape index (κ1) is 82.4. The second-order valence-corrected chi connectivity index (χ2v) is 26.0. The summed E-state index contributed by atoms with van der Waals surface area (Å²) in [6.07, 6.45) is 94.4. The van der Waals surface area contributed by atoms with Gasteiger partial charge in [0.25, 0.3) is 0 Å². The molecule has 0 aromatic carbocycles. The van der Waals surface area contributed by atoms with E-state index in [0.29, 0.717) is 17.4 Å². The average molecular weight is 1220 g/mol. The summed E-state index contributed by atoms with van der Waals surface area (Å²) in [5.74, 6) is -0.798. The number of allylic oxidation sites excluding steroid dienone is 20. The zero-order valence-electron chi connectivity index (χ0n) is 56.3. The fourth-order valence-electron chi connectivity index (χ4n) is 9.59. The fraction of sp³-hybridized carbons (Fsp3) is 0.711. The lowest BCUT2D eigenvalue weighted by atomic mass is 10.0. The molecule has 0 aromatic heterocycles. The molecular formula is C76H133NO8P+. The lowest BCUT2D eigenvalue weighted by Crippen LogP contribution is -2.37. The van der Waals surface area contributed by atoms with Crippen molar-refractivity contribution in [3.8, 4) is 0 Å². The minimum absolute atomic E-state index is 0.0277. The van der Waals surface area contributed by atoms with Gasteiger partial charge in [0, 0.05) is 12.8 Å². The zero-order chi connectivity index (χ0) is 62.6. The summed E-state index contributed by atoms with van der Waals surface area (Å²) in [7, 11) is 1.47. The smallest absolute Gasteiger partial charge is 0.462 e. The molecule has 0 saturated carbocycles. The maximum Gasteiger partial charge on any atom is 0.472 e. The Balaban J connectivity index is 4.02. The van der Waals surface area contributed by atoms with E-state index in [0.717, 1.165) is 96.3 Å². The van der Waals surface area contributed by atoms with Crippen LogP contribution in [-0.2, 0) is 32.7 Å². The highest BCUT2D eigenvalue weighted by atomic mass is 31.2. The average Bonchev–Trinajstić information content (AvgIpc) is 3.70. The lowest BCUT2D eigenvalue weighted by Gasteiger charge is -2.24. The molecule has 0 aliphatic heterocycles. The maximum atomic E-state index is 12.9. The molecule has 0 bridgehead atoms. The van der Waals surface area contributed by atoms with Gasteiger partial charge in [-0.15, -0.1) is 0 Å².